The Balaban J connectivity index is 2.18. The molecule has 94 valence electrons. The highest BCUT2D eigenvalue weighted by atomic mass is 35.5. The van der Waals surface area contributed by atoms with E-state index in [-0.39, 0.29) is 17.5 Å². The molecule has 0 amide bonds. The fraction of sp³-hybridized carbons (Fsp3) is 0.167. The van der Waals surface area contributed by atoms with Crippen molar-refractivity contribution in [2.75, 3.05) is 6.61 Å². The predicted octanol–water partition coefficient (Wildman–Crippen LogP) is 1.75. The van der Waals surface area contributed by atoms with E-state index in [1.54, 1.807) is 12.1 Å². The molecule has 1 aromatic heterocycles. The van der Waals surface area contributed by atoms with Crippen LogP contribution in [0.5, 0.6) is 11.6 Å². The Kier molecular flexibility index (Phi) is 3.96. The Hall–Kier alpha value is -1.85. The summed E-state index contributed by atoms with van der Waals surface area (Å²) in [6.07, 6.45) is 1.81. The Morgan fingerprint density at radius 3 is 2.72 bits per heavy atom. The van der Waals surface area contributed by atoms with Gasteiger partial charge in [-0.05, 0) is 24.1 Å². The lowest BCUT2D eigenvalue weighted by Gasteiger charge is -2.06. The molecular formula is C12H11ClN2O3. The predicted molar refractivity (Wildman–Crippen MR) is 67.2 cm³/mol. The molecule has 0 unspecified atom stereocenters. The van der Waals surface area contributed by atoms with Crippen molar-refractivity contribution in [2.45, 2.75) is 6.42 Å². The van der Waals surface area contributed by atoms with Crippen molar-refractivity contribution in [3.05, 3.63) is 51.5 Å². The van der Waals surface area contributed by atoms with Crippen molar-refractivity contribution >= 4 is 11.6 Å². The minimum Gasteiger partial charge on any atom is -0.437 e. The summed E-state index contributed by atoms with van der Waals surface area (Å²) >= 11 is 5.76. The lowest BCUT2D eigenvalue weighted by Crippen LogP contribution is -2.07. The monoisotopic (exact) mass is 266 g/mol. The first-order chi connectivity index (χ1) is 8.70. The molecule has 5 nitrogen and oxygen atoms in total. The molecule has 0 bridgehead atoms. The number of nitrogens with one attached hydrogen (secondary N) is 1. The number of H-pyrrole nitrogens is 1. The maximum Gasteiger partial charge on any atom is 0.273 e. The van der Waals surface area contributed by atoms with Crippen LogP contribution in [0.15, 0.2) is 35.4 Å². The molecule has 0 aliphatic carbocycles. The molecule has 0 aliphatic rings. The second kappa shape index (κ2) is 5.66. The summed E-state index contributed by atoms with van der Waals surface area (Å²) in [4.78, 5) is 17.4. The largest absolute Gasteiger partial charge is 0.437 e. The molecule has 2 N–H and O–H groups in total. The third kappa shape index (κ3) is 2.88. The average molecular weight is 267 g/mol. The summed E-state index contributed by atoms with van der Waals surface area (Å²) in [5.74, 6) is 0.590. The smallest absolute Gasteiger partial charge is 0.273 e. The molecule has 0 aliphatic heterocycles. The first-order valence-electron chi connectivity index (χ1n) is 5.31. The van der Waals surface area contributed by atoms with Gasteiger partial charge in [0, 0.05) is 6.61 Å². The van der Waals surface area contributed by atoms with Gasteiger partial charge in [-0.2, -0.15) is 0 Å². The van der Waals surface area contributed by atoms with Crippen LogP contribution < -0.4 is 10.3 Å². The number of ether oxygens (including phenoxy) is 1. The van der Waals surface area contributed by atoms with Gasteiger partial charge in [0.25, 0.3) is 5.56 Å². The van der Waals surface area contributed by atoms with Gasteiger partial charge in [-0.15, -0.1) is 0 Å². The average Bonchev–Trinajstić information content (AvgIpc) is 2.38. The molecule has 2 rings (SSSR count). The maximum absolute atomic E-state index is 11.2. The number of aliphatic hydroxyl groups excluding tert-OH is 1. The number of hydrogen-bond donors (Lipinski definition) is 2. The van der Waals surface area contributed by atoms with Gasteiger partial charge in [0.1, 0.15) is 5.75 Å². The zero-order valence-corrected chi connectivity index (χ0v) is 10.1. The van der Waals surface area contributed by atoms with E-state index in [0.29, 0.717) is 12.2 Å². The number of aromatic nitrogens is 2. The Bertz CT molecular complexity index is 581. The number of aromatic amines is 1. The quantitative estimate of drug-likeness (QED) is 0.884. The van der Waals surface area contributed by atoms with E-state index in [0.717, 1.165) is 5.56 Å². The summed E-state index contributed by atoms with van der Waals surface area (Å²) in [6, 6.07) is 7.10. The number of aliphatic hydroxyl groups is 1. The van der Waals surface area contributed by atoms with Crippen LogP contribution in [0.25, 0.3) is 0 Å². The summed E-state index contributed by atoms with van der Waals surface area (Å²) in [5.41, 5.74) is 0.549. The van der Waals surface area contributed by atoms with Gasteiger partial charge in [-0.1, -0.05) is 23.7 Å². The molecule has 0 spiro atoms. The van der Waals surface area contributed by atoms with Gasteiger partial charge in [0.2, 0.25) is 5.88 Å². The fourth-order valence-corrected chi connectivity index (χ4v) is 1.54. The van der Waals surface area contributed by atoms with Crippen LogP contribution >= 0.6 is 11.6 Å². The van der Waals surface area contributed by atoms with Gasteiger partial charge in [0.05, 0.1) is 6.33 Å². The molecule has 0 radical (unpaired) electrons. The summed E-state index contributed by atoms with van der Waals surface area (Å²) in [5, 5.41) is 8.71. The van der Waals surface area contributed by atoms with Crippen LogP contribution in [0.2, 0.25) is 5.02 Å². The first-order valence-corrected chi connectivity index (χ1v) is 5.69. The van der Waals surface area contributed by atoms with E-state index in [1.165, 1.54) is 6.33 Å². The molecule has 1 heterocycles. The standard InChI is InChI=1S/C12H11ClN2O3/c13-10-11(17)14-7-15-12(10)18-9-3-1-8(2-4-9)5-6-16/h1-4,7,16H,5-6H2,(H,14,15,17). The Labute approximate surface area is 108 Å². The van der Waals surface area contributed by atoms with Crippen LogP contribution in [0.4, 0.5) is 0 Å². The summed E-state index contributed by atoms with van der Waals surface area (Å²) < 4.78 is 5.40. The van der Waals surface area contributed by atoms with Crippen LogP contribution in [-0.4, -0.2) is 21.7 Å². The number of halogens is 1. The number of hydrogen-bond acceptors (Lipinski definition) is 4. The van der Waals surface area contributed by atoms with Crippen LogP contribution in [-0.2, 0) is 6.42 Å². The molecule has 18 heavy (non-hydrogen) atoms. The van der Waals surface area contributed by atoms with E-state index >= 15 is 0 Å². The van der Waals surface area contributed by atoms with E-state index in [4.69, 9.17) is 21.4 Å². The maximum atomic E-state index is 11.2. The minimum atomic E-state index is -0.446. The molecule has 1 aromatic carbocycles. The molecule has 0 saturated heterocycles. The van der Waals surface area contributed by atoms with Crippen LogP contribution in [0.3, 0.4) is 0 Å². The number of benzene rings is 1. The number of nitrogens with zero attached hydrogens (tertiary/aromatic N) is 1. The van der Waals surface area contributed by atoms with E-state index < -0.39 is 5.56 Å². The zero-order valence-electron chi connectivity index (χ0n) is 9.39. The highest BCUT2D eigenvalue weighted by Gasteiger charge is 2.08. The molecule has 6 heteroatoms. The Morgan fingerprint density at radius 1 is 1.33 bits per heavy atom. The van der Waals surface area contributed by atoms with Gasteiger partial charge in [-0.25, -0.2) is 4.98 Å². The number of rotatable bonds is 4. The van der Waals surface area contributed by atoms with Crippen molar-refractivity contribution in [3.63, 3.8) is 0 Å². The zero-order chi connectivity index (χ0) is 13.0. The Morgan fingerprint density at radius 2 is 2.06 bits per heavy atom. The van der Waals surface area contributed by atoms with Gasteiger partial charge in [-0.3, -0.25) is 4.79 Å². The topological polar surface area (TPSA) is 75.2 Å². The van der Waals surface area contributed by atoms with Gasteiger partial charge in [0.15, 0.2) is 5.02 Å². The van der Waals surface area contributed by atoms with Crippen molar-refractivity contribution in [1.29, 1.82) is 0 Å². The molecule has 2 aromatic rings. The molecule has 0 saturated carbocycles. The third-order valence-electron chi connectivity index (χ3n) is 2.30. The highest BCUT2D eigenvalue weighted by Crippen LogP contribution is 2.23. The van der Waals surface area contributed by atoms with E-state index in [1.807, 2.05) is 12.1 Å². The highest BCUT2D eigenvalue weighted by molar-refractivity contribution is 6.31. The second-order valence-electron chi connectivity index (χ2n) is 3.57. The summed E-state index contributed by atoms with van der Waals surface area (Å²) in [6.45, 7) is 0.0989. The normalized spacial score (nSPS) is 10.3. The SMILES string of the molecule is O=c1[nH]cnc(Oc2ccc(CCO)cc2)c1Cl. The van der Waals surface area contributed by atoms with Crippen LogP contribution in [0.1, 0.15) is 5.56 Å². The third-order valence-corrected chi connectivity index (χ3v) is 2.64. The lowest BCUT2D eigenvalue weighted by atomic mass is 10.1. The second-order valence-corrected chi connectivity index (χ2v) is 3.95. The molecule has 0 fully saturated rings. The van der Waals surface area contributed by atoms with Gasteiger partial charge < -0.3 is 14.8 Å². The van der Waals surface area contributed by atoms with Crippen molar-refractivity contribution in [2.24, 2.45) is 0 Å². The minimum absolute atomic E-state index is 0.0651. The summed E-state index contributed by atoms with van der Waals surface area (Å²) in [7, 11) is 0. The van der Waals surface area contributed by atoms with Crippen molar-refractivity contribution < 1.29 is 9.84 Å². The first kappa shape index (κ1) is 12.6. The lowest BCUT2D eigenvalue weighted by molar-refractivity contribution is 0.299. The van der Waals surface area contributed by atoms with Crippen molar-refractivity contribution in [3.8, 4) is 11.6 Å². The van der Waals surface area contributed by atoms with Gasteiger partial charge >= 0.3 is 0 Å². The van der Waals surface area contributed by atoms with E-state index in [2.05, 4.69) is 9.97 Å². The van der Waals surface area contributed by atoms with Crippen LogP contribution in [0, 0.1) is 0 Å². The van der Waals surface area contributed by atoms with Crippen molar-refractivity contribution in [1.82, 2.24) is 9.97 Å². The fourth-order valence-electron chi connectivity index (χ4n) is 1.40. The molecular weight excluding hydrogens is 256 g/mol. The van der Waals surface area contributed by atoms with E-state index in [9.17, 15) is 4.79 Å². The molecule has 0 atom stereocenters.